The fourth-order valence-corrected chi connectivity index (χ4v) is 6.71. The molecule has 4 heterocycles. The zero-order chi connectivity index (χ0) is 32.2. The third-order valence-corrected chi connectivity index (χ3v) is 9.19. The van der Waals surface area contributed by atoms with E-state index in [-0.39, 0.29) is 24.3 Å². The highest BCUT2D eigenvalue weighted by Gasteiger charge is 2.51. The molecule has 2 fully saturated rings. The van der Waals surface area contributed by atoms with E-state index < -0.39 is 11.6 Å². The van der Waals surface area contributed by atoms with Crippen molar-refractivity contribution in [2.24, 2.45) is 0 Å². The van der Waals surface area contributed by atoms with Crippen molar-refractivity contribution in [2.75, 3.05) is 13.2 Å². The van der Waals surface area contributed by atoms with Crippen molar-refractivity contribution >= 4 is 46.4 Å². The lowest BCUT2D eigenvalue weighted by atomic mass is 9.98. The SMILES string of the molecule is CCC1COC(c2ccc(Cl)cc2Cl)(C(C)n2cncn2)O1.CCCC1COC(c2ccc(Cl)cc2Cl)(C(C)n2cncn2)O1. The smallest absolute Gasteiger partial charge is 0.219 e. The summed E-state index contributed by atoms with van der Waals surface area (Å²) in [5.74, 6) is -2.01. The summed E-state index contributed by atoms with van der Waals surface area (Å²) in [6, 6.07) is 10.2. The van der Waals surface area contributed by atoms with Crippen LogP contribution in [-0.4, -0.2) is 55.0 Å². The molecule has 14 heteroatoms. The van der Waals surface area contributed by atoms with Gasteiger partial charge in [0, 0.05) is 21.2 Å². The Balaban J connectivity index is 0.000000178. The number of nitrogens with zero attached hydrogens (tertiary/aromatic N) is 6. The maximum absolute atomic E-state index is 6.44. The van der Waals surface area contributed by atoms with Crippen LogP contribution in [0.15, 0.2) is 61.7 Å². The van der Waals surface area contributed by atoms with Crippen LogP contribution in [0.3, 0.4) is 0 Å². The summed E-state index contributed by atoms with van der Waals surface area (Å²) < 4.78 is 28.3. The van der Waals surface area contributed by atoms with Gasteiger partial charge in [0.25, 0.3) is 0 Å². The summed E-state index contributed by atoms with van der Waals surface area (Å²) >= 11 is 24.9. The highest BCUT2D eigenvalue weighted by atomic mass is 35.5. The maximum atomic E-state index is 6.44. The van der Waals surface area contributed by atoms with Gasteiger partial charge in [0.1, 0.15) is 37.4 Å². The molecule has 2 saturated heterocycles. The van der Waals surface area contributed by atoms with Gasteiger partial charge in [0.05, 0.1) is 35.5 Å². The molecule has 2 aromatic carbocycles. The Hall–Kier alpha value is -2.28. The first-order valence-corrected chi connectivity index (χ1v) is 16.4. The van der Waals surface area contributed by atoms with E-state index in [1.165, 1.54) is 12.7 Å². The molecule has 242 valence electrons. The first kappa shape index (κ1) is 34.1. The molecule has 0 radical (unpaired) electrons. The van der Waals surface area contributed by atoms with E-state index in [1.54, 1.807) is 46.3 Å². The molecule has 10 nitrogen and oxygen atoms in total. The largest absolute Gasteiger partial charge is 0.341 e. The molecule has 2 aromatic heterocycles. The third kappa shape index (κ3) is 7.04. The van der Waals surface area contributed by atoms with Crippen molar-refractivity contribution in [1.82, 2.24) is 29.5 Å². The lowest BCUT2D eigenvalue weighted by Crippen LogP contribution is -2.38. The minimum atomic E-state index is -1.00. The van der Waals surface area contributed by atoms with E-state index in [0.29, 0.717) is 33.3 Å². The third-order valence-electron chi connectivity index (χ3n) is 8.10. The van der Waals surface area contributed by atoms with Crippen LogP contribution in [0.5, 0.6) is 0 Å². The van der Waals surface area contributed by atoms with E-state index in [1.807, 2.05) is 26.0 Å². The highest BCUT2D eigenvalue weighted by Crippen LogP contribution is 2.48. The molecule has 0 N–H and O–H groups in total. The highest BCUT2D eigenvalue weighted by molar-refractivity contribution is 6.35. The van der Waals surface area contributed by atoms with Crippen LogP contribution < -0.4 is 0 Å². The van der Waals surface area contributed by atoms with E-state index >= 15 is 0 Å². The zero-order valence-corrected chi connectivity index (χ0v) is 28.5. The van der Waals surface area contributed by atoms with Crippen molar-refractivity contribution < 1.29 is 18.9 Å². The predicted molar refractivity (Wildman–Crippen MR) is 173 cm³/mol. The Morgan fingerprint density at radius 3 is 1.60 bits per heavy atom. The summed E-state index contributed by atoms with van der Waals surface area (Å²) in [4.78, 5) is 8.02. The molecule has 0 spiro atoms. The number of ether oxygens (including phenoxy) is 4. The Bertz CT molecular complexity index is 1550. The number of hydrogen-bond acceptors (Lipinski definition) is 8. The molecular weight excluding hydrogens is 662 g/mol. The van der Waals surface area contributed by atoms with Crippen molar-refractivity contribution in [3.63, 3.8) is 0 Å². The van der Waals surface area contributed by atoms with Crippen LogP contribution in [-0.2, 0) is 30.5 Å². The first-order chi connectivity index (χ1) is 21.6. The molecule has 6 atom stereocenters. The molecular formula is C31H36Cl4N6O4. The minimum Gasteiger partial charge on any atom is -0.341 e. The molecule has 0 bridgehead atoms. The Morgan fingerprint density at radius 2 is 1.22 bits per heavy atom. The number of aromatic nitrogens is 6. The Morgan fingerprint density at radius 1 is 0.756 bits per heavy atom. The molecule has 0 aliphatic carbocycles. The van der Waals surface area contributed by atoms with Gasteiger partial charge >= 0.3 is 0 Å². The van der Waals surface area contributed by atoms with Gasteiger partial charge in [-0.2, -0.15) is 10.2 Å². The van der Waals surface area contributed by atoms with Crippen molar-refractivity contribution in [1.29, 1.82) is 0 Å². The normalized spacial score (nSPS) is 26.0. The average Bonchev–Trinajstić information content (AvgIpc) is 3.85. The number of halogens is 4. The fraction of sp³-hybridized carbons (Fsp3) is 0.484. The summed E-state index contributed by atoms with van der Waals surface area (Å²) in [6.07, 6.45) is 9.12. The van der Waals surface area contributed by atoms with Crippen LogP contribution >= 0.6 is 46.4 Å². The molecule has 45 heavy (non-hydrogen) atoms. The lowest BCUT2D eigenvalue weighted by molar-refractivity contribution is -0.208. The topological polar surface area (TPSA) is 98.3 Å². The second-order valence-corrected chi connectivity index (χ2v) is 12.7. The van der Waals surface area contributed by atoms with Crippen LogP contribution in [0.25, 0.3) is 0 Å². The van der Waals surface area contributed by atoms with E-state index in [9.17, 15) is 0 Å². The van der Waals surface area contributed by atoms with Gasteiger partial charge in [0.15, 0.2) is 0 Å². The number of rotatable bonds is 9. The van der Waals surface area contributed by atoms with Gasteiger partial charge in [-0.3, -0.25) is 0 Å². The van der Waals surface area contributed by atoms with Crippen LogP contribution in [0.2, 0.25) is 20.1 Å². The minimum absolute atomic E-state index is 0.0118. The molecule has 4 aromatic rings. The molecule has 6 unspecified atom stereocenters. The predicted octanol–water partition coefficient (Wildman–Crippen LogP) is 8.04. The van der Waals surface area contributed by atoms with Gasteiger partial charge in [-0.1, -0.05) is 78.8 Å². The monoisotopic (exact) mass is 696 g/mol. The fourth-order valence-electron chi connectivity index (χ4n) is 5.63. The molecule has 6 rings (SSSR count). The first-order valence-electron chi connectivity index (χ1n) is 14.9. The van der Waals surface area contributed by atoms with E-state index in [4.69, 9.17) is 65.4 Å². The lowest BCUT2D eigenvalue weighted by Gasteiger charge is -2.34. The van der Waals surface area contributed by atoms with Crippen LogP contribution in [0.4, 0.5) is 0 Å². The average molecular weight is 698 g/mol. The van der Waals surface area contributed by atoms with E-state index in [0.717, 1.165) is 30.4 Å². The zero-order valence-electron chi connectivity index (χ0n) is 25.4. The van der Waals surface area contributed by atoms with Crippen LogP contribution in [0, 0.1) is 0 Å². The quantitative estimate of drug-likeness (QED) is 0.173. The molecule has 2 aliphatic heterocycles. The van der Waals surface area contributed by atoms with Gasteiger partial charge in [-0.15, -0.1) is 0 Å². The van der Waals surface area contributed by atoms with E-state index in [2.05, 4.69) is 34.0 Å². The summed E-state index contributed by atoms with van der Waals surface area (Å²) in [5.41, 5.74) is 1.50. The summed E-state index contributed by atoms with van der Waals surface area (Å²) in [6.45, 7) is 9.17. The van der Waals surface area contributed by atoms with Gasteiger partial charge in [-0.05, 0) is 51.0 Å². The molecule has 0 saturated carbocycles. The summed E-state index contributed by atoms with van der Waals surface area (Å²) in [5, 5.41) is 10.6. The maximum Gasteiger partial charge on any atom is 0.219 e. The van der Waals surface area contributed by atoms with Gasteiger partial charge in [0.2, 0.25) is 11.6 Å². The van der Waals surface area contributed by atoms with Gasteiger partial charge < -0.3 is 18.9 Å². The second-order valence-electron chi connectivity index (χ2n) is 11.0. The standard InChI is InChI=1S/C16H19Cl2N3O2.C15H17Cl2N3O2/c1-3-4-13-8-22-16(23-13,11(2)21-10-19-9-20-21)14-6-5-12(17)7-15(14)18;1-3-12-7-21-15(22-12,10(2)20-9-18-8-19-20)13-5-4-11(16)6-14(13)17/h5-7,9-11,13H,3-4,8H2,1-2H3;4-6,8-10,12H,3,7H2,1-2H3. The molecule has 2 aliphatic rings. The molecule has 0 amide bonds. The Labute approximate surface area is 282 Å². The second kappa shape index (κ2) is 14.6. The number of benzene rings is 2. The van der Waals surface area contributed by atoms with Crippen molar-refractivity contribution in [2.45, 2.75) is 82.8 Å². The Kier molecular flexibility index (Phi) is 11.1. The van der Waals surface area contributed by atoms with Crippen molar-refractivity contribution in [3.8, 4) is 0 Å². The number of hydrogen-bond donors (Lipinski definition) is 0. The van der Waals surface area contributed by atoms with Crippen molar-refractivity contribution in [3.05, 3.63) is 92.9 Å². The van der Waals surface area contributed by atoms with Crippen LogP contribution in [0.1, 0.15) is 70.2 Å². The summed E-state index contributed by atoms with van der Waals surface area (Å²) in [7, 11) is 0. The van der Waals surface area contributed by atoms with Gasteiger partial charge in [-0.25, -0.2) is 19.3 Å².